The highest BCUT2D eigenvalue weighted by atomic mass is 79.9. The number of para-hydroxylation sites is 2. The predicted molar refractivity (Wildman–Crippen MR) is 146 cm³/mol. The summed E-state index contributed by atoms with van der Waals surface area (Å²) < 4.78 is 7.30. The Balaban J connectivity index is 1.52. The van der Waals surface area contributed by atoms with Gasteiger partial charge in [0, 0.05) is 51.3 Å². The molecule has 0 aliphatic carbocycles. The fourth-order valence-electron chi connectivity index (χ4n) is 7.50. The average Bonchev–Trinajstić information content (AvgIpc) is 3.56. The van der Waals surface area contributed by atoms with Gasteiger partial charge < -0.3 is 9.64 Å². The Morgan fingerprint density at radius 1 is 0.919 bits per heavy atom. The first-order valence-corrected chi connectivity index (χ1v) is 14.1. The van der Waals surface area contributed by atoms with Gasteiger partial charge in [-0.05, 0) is 56.5 Å². The van der Waals surface area contributed by atoms with Crippen LogP contribution in [0.3, 0.4) is 0 Å². The fourth-order valence-corrected chi connectivity index (χ4v) is 7.76. The van der Waals surface area contributed by atoms with Gasteiger partial charge in [-0.2, -0.15) is 0 Å². The maximum absolute atomic E-state index is 14.8. The van der Waals surface area contributed by atoms with Gasteiger partial charge in [0.1, 0.15) is 11.3 Å². The quantitative estimate of drug-likeness (QED) is 0.367. The number of carbonyl (C=O) groups is 2. The Kier molecular flexibility index (Phi) is 5.52. The molecule has 2 saturated heterocycles. The Hall–Kier alpha value is -2.96. The number of nitrogens with zero attached hydrogens (tertiary/aromatic N) is 2. The van der Waals surface area contributed by atoms with Gasteiger partial charge in [-0.15, -0.1) is 0 Å². The SMILES string of the molecule is O=C(c1ccc(Br)cc1)[C@@H]1[C@H]2c3ccccc3OCCCCN3C(=O)[C@]2(c2ccccc23)N2CCC[C@@H]12. The van der Waals surface area contributed by atoms with Crippen LogP contribution in [0.2, 0.25) is 0 Å². The van der Waals surface area contributed by atoms with Crippen molar-refractivity contribution in [3.05, 3.63) is 94.0 Å². The van der Waals surface area contributed by atoms with E-state index in [9.17, 15) is 9.59 Å². The summed E-state index contributed by atoms with van der Waals surface area (Å²) in [4.78, 5) is 33.7. The number of ketones is 1. The number of benzene rings is 3. The molecule has 0 N–H and O–H groups in total. The molecule has 5 nitrogen and oxygen atoms in total. The van der Waals surface area contributed by atoms with Crippen LogP contribution in [0.1, 0.15) is 53.1 Å². The number of hydrogen-bond donors (Lipinski definition) is 0. The lowest BCUT2D eigenvalue weighted by molar-refractivity contribution is -0.129. The van der Waals surface area contributed by atoms with Crippen molar-refractivity contribution in [2.75, 3.05) is 24.6 Å². The van der Waals surface area contributed by atoms with Crippen molar-refractivity contribution in [1.29, 1.82) is 0 Å². The summed E-state index contributed by atoms with van der Waals surface area (Å²) in [5.74, 6) is 0.327. The predicted octanol–water partition coefficient (Wildman–Crippen LogP) is 5.92. The number of carbonyl (C=O) groups excluding carboxylic acids is 2. The highest BCUT2D eigenvalue weighted by molar-refractivity contribution is 9.10. The number of hydrogen-bond acceptors (Lipinski definition) is 4. The first kappa shape index (κ1) is 23.2. The van der Waals surface area contributed by atoms with E-state index in [0.717, 1.165) is 59.3 Å². The molecule has 0 unspecified atom stereocenters. The van der Waals surface area contributed by atoms with Gasteiger partial charge in [0.2, 0.25) is 0 Å². The zero-order chi connectivity index (χ0) is 25.1. The molecule has 4 aliphatic heterocycles. The van der Waals surface area contributed by atoms with Crippen LogP contribution in [0.15, 0.2) is 77.3 Å². The highest BCUT2D eigenvalue weighted by Crippen LogP contribution is 2.64. The molecule has 0 radical (unpaired) electrons. The zero-order valence-electron chi connectivity index (χ0n) is 20.6. The molecule has 0 aromatic heterocycles. The summed E-state index contributed by atoms with van der Waals surface area (Å²) >= 11 is 3.51. The molecule has 7 rings (SSSR count). The molecule has 37 heavy (non-hydrogen) atoms. The van der Waals surface area contributed by atoms with Crippen molar-refractivity contribution in [2.45, 2.75) is 43.2 Å². The van der Waals surface area contributed by atoms with Crippen molar-refractivity contribution in [3.63, 3.8) is 0 Å². The molecular formula is C31H29BrN2O3. The molecule has 4 heterocycles. The smallest absolute Gasteiger partial charge is 0.252 e. The number of anilines is 1. The van der Waals surface area contributed by atoms with E-state index in [1.54, 1.807) is 0 Å². The van der Waals surface area contributed by atoms with Gasteiger partial charge in [-0.1, -0.05) is 64.5 Å². The third-order valence-corrected chi connectivity index (χ3v) is 9.40. The zero-order valence-corrected chi connectivity index (χ0v) is 22.2. The average molecular weight is 557 g/mol. The maximum Gasteiger partial charge on any atom is 0.252 e. The number of halogens is 1. The molecule has 2 fully saturated rings. The lowest BCUT2D eigenvalue weighted by Gasteiger charge is -2.38. The first-order chi connectivity index (χ1) is 18.1. The summed E-state index contributed by atoms with van der Waals surface area (Å²) in [6.45, 7) is 2.06. The summed E-state index contributed by atoms with van der Waals surface area (Å²) in [6, 6.07) is 24.0. The Morgan fingerprint density at radius 2 is 1.70 bits per heavy atom. The summed E-state index contributed by atoms with van der Waals surface area (Å²) in [7, 11) is 0. The van der Waals surface area contributed by atoms with Crippen LogP contribution < -0.4 is 9.64 Å². The van der Waals surface area contributed by atoms with Gasteiger partial charge >= 0.3 is 0 Å². The van der Waals surface area contributed by atoms with Crippen LogP contribution in [0.5, 0.6) is 5.75 Å². The maximum atomic E-state index is 14.8. The van der Waals surface area contributed by atoms with E-state index in [1.165, 1.54) is 0 Å². The largest absolute Gasteiger partial charge is 0.493 e. The van der Waals surface area contributed by atoms with Crippen molar-refractivity contribution < 1.29 is 14.3 Å². The molecule has 3 aromatic rings. The van der Waals surface area contributed by atoms with E-state index in [4.69, 9.17) is 4.74 Å². The fraction of sp³-hybridized carbons (Fsp3) is 0.355. The molecule has 2 bridgehead atoms. The molecule has 4 aliphatic rings. The first-order valence-electron chi connectivity index (χ1n) is 13.3. The standard InChI is InChI=1S/C31H29BrN2O3/c32-21-15-13-20(14-16-21)29(35)27-25-11-7-18-34(25)31-23-9-2-3-10-24(23)33(30(31)36)17-5-6-19-37-26-12-4-1-8-22(26)28(27)31/h1-4,8-10,12-16,25,27-28H,5-7,11,17-19H2/t25-,27-,28+,31+/m0/s1. The number of fused-ring (bicyclic) bond motifs is 6. The van der Waals surface area contributed by atoms with Crippen LogP contribution in [-0.4, -0.2) is 42.3 Å². The van der Waals surface area contributed by atoms with Crippen molar-refractivity contribution in [1.82, 2.24) is 4.90 Å². The van der Waals surface area contributed by atoms with E-state index in [0.29, 0.717) is 18.7 Å². The lowest BCUT2D eigenvalue weighted by Crippen LogP contribution is -2.52. The number of rotatable bonds is 2. The van der Waals surface area contributed by atoms with Crippen LogP contribution in [-0.2, 0) is 10.3 Å². The molecular weight excluding hydrogens is 528 g/mol. The van der Waals surface area contributed by atoms with Crippen LogP contribution in [0, 0.1) is 5.92 Å². The van der Waals surface area contributed by atoms with Crippen LogP contribution in [0.25, 0.3) is 0 Å². The van der Waals surface area contributed by atoms with E-state index in [2.05, 4.69) is 39.0 Å². The number of ether oxygens (including phenoxy) is 1. The second kappa shape index (κ2) is 8.81. The summed E-state index contributed by atoms with van der Waals surface area (Å²) in [5, 5.41) is 0. The molecule has 4 atom stereocenters. The number of amides is 1. The molecule has 1 amide bonds. The Morgan fingerprint density at radius 3 is 2.57 bits per heavy atom. The molecule has 1 spiro atoms. The summed E-state index contributed by atoms with van der Waals surface area (Å²) in [5.41, 5.74) is 2.79. The lowest BCUT2D eigenvalue weighted by atomic mass is 9.68. The third kappa shape index (κ3) is 3.25. The minimum Gasteiger partial charge on any atom is -0.493 e. The van der Waals surface area contributed by atoms with Gasteiger partial charge in [0.15, 0.2) is 5.78 Å². The van der Waals surface area contributed by atoms with Crippen LogP contribution in [0.4, 0.5) is 5.69 Å². The molecule has 6 heteroatoms. The second-order valence-corrected chi connectivity index (χ2v) is 11.5. The van der Waals surface area contributed by atoms with E-state index < -0.39 is 5.54 Å². The second-order valence-electron chi connectivity index (χ2n) is 10.6. The van der Waals surface area contributed by atoms with Crippen LogP contribution >= 0.6 is 15.9 Å². The highest BCUT2D eigenvalue weighted by Gasteiger charge is 2.70. The van der Waals surface area contributed by atoms with Crippen molar-refractivity contribution >= 4 is 33.3 Å². The normalized spacial score (nSPS) is 28.5. The summed E-state index contributed by atoms with van der Waals surface area (Å²) in [6.07, 6.45) is 3.62. The van der Waals surface area contributed by atoms with E-state index >= 15 is 0 Å². The monoisotopic (exact) mass is 556 g/mol. The Bertz CT molecular complexity index is 1390. The van der Waals surface area contributed by atoms with Gasteiger partial charge in [0.25, 0.3) is 5.91 Å². The third-order valence-electron chi connectivity index (χ3n) is 8.87. The minimum absolute atomic E-state index is 0.00546. The van der Waals surface area contributed by atoms with Gasteiger partial charge in [0.05, 0.1) is 6.61 Å². The molecule has 0 saturated carbocycles. The minimum atomic E-state index is -0.919. The molecule has 188 valence electrons. The van der Waals surface area contributed by atoms with E-state index in [1.807, 2.05) is 59.5 Å². The van der Waals surface area contributed by atoms with Gasteiger partial charge in [-0.25, -0.2) is 0 Å². The van der Waals surface area contributed by atoms with E-state index in [-0.39, 0.29) is 29.6 Å². The Labute approximate surface area is 225 Å². The van der Waals surface area contributed by atoms with Crippen molar-refractivity contribution in [2.24, 2.45) is 5.92 Å². The van der Waals surface area contributed by atoms with Gasteiger partial charge in [-0.3, -0.25) is 14.5 Å². The molecule has 3 aromatic carbocycles. The topological polar surface area (TPSA) is 49.9 Å². The van der Waals surface area contributed by atoms with Crippen molar-refractivity contribution in [3.8, 4) is 5.75 Å². The number of Topliss-reactive ketones (excluding diaryl/α,β-unsaturated/α-hetero) is 1.